The van der Waals surface area contributed by atoms with Crippen molar-refractivity contribution >= 4 is 29.5 Å². The van der Waals surface area contributed by atoms with Crippen LogP contribution >= 0.6 is 11.6 Å². The number of nitrogens with zero attached hydrogens (tertiary/aromatic N) is 1. The number of ether oxygens (including phenoxy) is 3. The van der Waals surface area contributed by atoms with Crippen LogP contribution < -0.4 is 9.47 Å². The fourth-order valence-electron chi connectivity index (χ4n) is 2.24. The van der Waals surface area contributed by atoms with Crippen molar-refractivity contribution in [2.45, 2.75) is 13.3 Å². The number of hydrogen-bond donors (Lipinski definition) is 0. The van der Waals surface area contributed by atoms with Crippen molar-refractivity contribution in [2.75, 3.05) is 13.7 Å². The van der Waals surface area contributed by atoms with E-state index in [9.17, 15) is 4.79 Å². The summed E-state index contributed by atoms with van der Waals surface area (Å²) in [5.74, 6) is 0.905. The van der Waals surface area contributed by atoms with E-state index in [1.54, 1.807) is 30.3 Å². The Hall–Kier alpha value is -2.73. The molecule has 1 aliphatic rings. The second kappa shape index (κ2) is 7.44. The smallest absolute Gasteiger partial charge is 0.363 e. The van der Waals surface area contributed by atoms with Crippen LogP contribution in [0.4, 0.5) is 0 Å². The van der Waals surface area contributed by atoms with Crippen molar-refractivity contribution in [3.63, 3.8) is 0 Å². The Morgan fingerprint density at radius 3 is 2.88 bits per heavy atom. The Morgan fingerprint density at radius 1 is 1.36 bits per heavy atom. The van der Waals surface area contributed by atoms with E-state index >= 15 is 0 Å². The molecule has 0 amide bonds. The average molecular weight is 362 g/mol. The lowest BCUT2D eigenvalue weighted by Crippen LogP contribution is -2.04. The number of aliphatic imine (C=N–C) groups is 1. The number of esters is 1. The highest BCUT2D eigenvalue weighted by molar-refractivity contribution is 6.32. The lowest BCUT2D eigenvalue weighted by molar-refractivity contribution is -0.130. The monoisotopic (exact) mass is 361 g/mol. The second-order valence-corrected chi connectivity index (χ2v) is 5.60. The van der Waals surface area contributed by atoms with Gasteiger partial charge in [0.2, 0.25) is 0 Å². The van der Waals surface area contributed by atoms with Crippen molar-refractivity contribution in [2.24, 2.45) is 4.99 Å². The summed E-state index contributed by atoms with van der Waals surface area (Å²) in [6.45, 7) is 2.53. The van der Waals surface area contributed by atoms with E-state index in [0.29, 0.717) is 34.5 Å². The number of cyclic esters (lactones) is 1. The fraction of sp³-hybridized carbons (Fsp3) is 0.222. The molecule has 0 spiro atoms. The molecule has 0 bridgehead atoms. The molecule has 0 N–H and O–H groups in total. The van der Waals surface area contributed by atoms with Crippen LogP contribution in [0.15, 0.2) is 45.6 Å². The third-order valence-electron chi connectivity index (χ3n) is 3.36. The summed E-state index contributed by atoms with van der Waals surface area (Å²) in [6.07, 6.45) is 3.89. The molecule has 0 unspecified atom stereocenters. The second-order valence-electron chi connectivity index (χ2n) is 5.20. The summed E-state index contributed by atoms with van der Waals surface area (Å²) >= 11 is 6.28. The van der Waals surface area contributed by atoms with Crippen LogP contribution in [0.3, 0.4) is 0 Å². The zero-order chi connectivity index (χ0) is 17.8. The molecule has 2 heterocycles. The zero-order valence-electron chi connectivity index (χ0n) is 13.7. The average Bonchev–Trinajstić information content (AvgIpc) is 3.24. The summed E-state index contributed by atoms with van der Waals surface area (Å²) < 4.78 is 21.2. The molecule has 3 rings (SSSR count). The lowest BCUT2D eigenvalue weighted by Gasteiger charge is -2.12. The van der Waals surface area contributed by atoms with Crippen molar-refractivity contribution < 1.29 is 23.4 Å². The van der Waals surface area contributed by atoms with Gasteiger partial charge in [-0.15, -0.1) is 0 Å². The Balaban J connectivity index is 1.93. The van der Waals surface area contributed by atoms with Crippen molar-refractivity contribution in [1.82, 2.24) is 0 Å². The first-order valence-corrected chi connectivity index (χ1v) is 8.07. The fourth-order valence-corrected chi connectivity index (χ4v) is 2.51. The molecule has 0 fully saturated rings. The molecule has 1 aromatic carbocycles. The Bertz CT molecular complexity index is 839. The highest BCUT2D eigenvalue weighted by Crippen LogP contribution is 2.37. The summed E-state index contributed by atoms with van der Waals surface area (Å²) in [6, 6.07) is 6.75. The maximum absolute atomic E-state index is 12.0. The van der Waals surface area contributed by atoms with Gasteiger partial charge >= 0.3 is 5.97 Å². The number of hydrogen-bond acceptors (Lipinski definition) is 6. The summed E-state index contributed by atoms with van der Waals surface area (Å²) in [5, 5.41) is 0.390. The third-order valence-corrected chi connectivity index (χ3v) is 3.64. The summed E-state index contributed by atoms with van der Waals surface area (Å²) in [7, 11) is 1.53. The van der Waals surface area contributed by atoms with Gasteiger partial charge in [-0.2, -0.15) is 0 Å². The molecule has 25 heavy (non-hydrogen) atoms. The predicted octanol–water partition coefficient (Wildman–Crippen LogP) is 4.07. The van der Waals surface area contributed by atoms with E-state index < -0.39 is 5.97 Å². The largest absolute Gasteiger partial charge is 0.493 e. The molecule has 0 atom stereocenters. The minimum Gasteiger partial charge on any atom is -0.493 e. The third kappa shape index (κ3) is 3.69. The number of carbonyl (C=O) groups is 1. The van der Waals surface area contributed by atoms with Gasteiger partial charge in [-0.3, -0.25) is 0 Å². The summed E-state index contributed by atoms with van der Waals surface area (Å²) in [5.41, 5.74) is 0.786. The number of carbonyl (C=O) groups excluding carboxylic acids is 1. The maximum atomic E-state index is 12.0. The molecule has 1 aliphatic heterocycles. The van der Waals surface area contributed by atoms with E-state index in [0.717, 1.165) is 6.42 Å². The van der Waals surface area contributed by atoms with Gasteiger partial charge in [-0.25, -0.2) is 9.79 Å². The standard InChI is InChI=1S/C18H16ClNO5/c1-3-6-24-16-12(19)8-11(10-15(16)22-2)9-13-18(21)25-17(20-13)14-5-4-7-23-14/h4-5,7-10H,3,6H2,1-2H3/b13-9+. The van der Waals surface area contributed by atoms with Crippen LogP contribution in [-0.2, 0) is 9.53 Å². The van der Waals surface area contributed by atoms with Crippen LogP contribution in [0.25, 0.3) is 6.08 Å². The van der Waals surface area contributed by atoms with E-state index in [1.165, 1.54) is 13.4 Å². The van der Waals surface area contributed by atoms with E-state index in [2.05, 4.69) is 4.99 Å². The Kier molecular flexibility index (Phi) is 5.09. The van der Waals surface area contributed by atoms with Crippen molar-refractivity contribution in [1.29, 1.82) is 0 Å². The molecule has 1 aromatic heterocycles. The molecule has 6 nitrogen and oxygen atoms in total. The first-order valence-electron chi connectivity index (χ1n) is 7.69. The van der Waals surface area contributed by atoms with Gasteiger partial charge in [0, 0.05) is 0 Å². The van der Waals surface area contributed by atoms with Crippen molar-refractivity contribution in [3.8, 4) is 11.5 Å². The van der Waals surface area contributed by atoms with E-state index in [4.69, 9.17) is 30.2 Å². The highest BCUT2D eigenvalue weighted by Gasteiger charge is 2.26. The van der Waals surface area contributed by atoms with Crippen LogP contribution in [0, 0.1) is 0 Å². The first kappa shape index (κ1) is 17.1. The van der Waals surface area contributed by atoms with Gasteiger partial charge in [-0.05, 0) is 42.3 Å². The number of rotatable bonds is 6. The molecular weight excluding hydrogens is 346 g/mol. The minimum atomic E-state index is -0.562. The molecule has 130 valence electrons. The van der Waals surface area contributed by atoms with Gasteiger partial charge in [0.05, 0.1) is 25.0 Å². The van der Waals surface area contributed by atoms with Gasteiger partial charge < -0.3 is 18.6 Å². The SMILES string of the molecule is CCCOc1c(Cl)cc(/C=C2/N=C(c3ccco3)OC2=O)cc1OC. The Labute approximate surface area is 149 Å². The highest BCUT2D eigenvalue weighted by atomic mass is 35.5. The van der Waals surface area contributed by atoms with Crippen molar-refractivity contribution in [3.05, 3.63) is 52.6 Å². The van der Waals surface area contributed by atoms with Gasteiger partial charge in [-0.1, -0.05) is 18.5 Å². The molecule has 0 saturated carbocycles. The normalized spacial score (nSPS) is 15.2. The lowest BCUT2D eigenvalue weighted by atomic mass is 10.1. The van der Waals surface area contributed by atoms with Crippen LogP contribution in [0.5, 0.6) is 11.5 Å². The van der Waals surface area contributed by atoms with E-state index in [-0.39, 0.29) is 11.6 Å². The van der Waals surface area contributed by atoms with E-state index in [1.807, 2.05) is 6.92 Å². The van der Waals surface area contributed by atoms with Gasteiger partial charge in [0.25, 0.3) is 5.90 Å². The van der Waals surface area contributed by atoms with Crippen LogP contribution in [0.1, 0.15) is 24.7 Å². The number of halogens is 1. The topological polar surface area (TPSA) is 70.3 Å². The molecule has 0 saturated heterocycles. The first-order chi connectivity index (χ1) is 12.1. The molecule has 0 radical (unpaired) electrons. The molecule has 7 heteroatoms. The number of furan rings is 1. The predicted molar refractivity (Wildman–Crippen MR) is 93.1 cm³/mol. The zero-order valence-corrected chi connectivity index (χ0v) is 14.5. The van der Waals surface area contributed by atoms with Crippen LogP contribution in [-0.4, -0.2) is 25.6 Å². The van der Waals surface area contributed by atoms with Gasteiger partial charge in [0.15, 0.2) is 23.0 Å². The van der Waals surface area contributed by atoms with Crippen LogP contribution in [0.2, 0.25) is 5.02 Å². The summed E-state index contributed by atoms with van der Waals surface area (Å²) in [4.78, 5) is 16.2. The number of benzene rings is 1. The quantitative estimate of drug-likeness (QED) is 0.573. The Morgan fingerprint density at radius 2 is 2.20 bits per heavy atom. The molecular formula is C18H16ClNO5. The number of methoxy groups -OCH3 is 1. The van der Waals surface area contributed by atoms with Gasteiger partial charge in [0.1, 0.15) is 0 Å². The minimum absolute atomic E-state index is 0.127. The maximum Gasteiger partial charge on any atom is 0.363 e. The molecule has 0 aliphatic carbocycles. The molecule has 2 aromatic rings.